The predicted molar refractivity (Wildman–Crippen MR) is 76.6 cm³/mol. The zero-order valence-electron chi connectivity index (χ0n) is 11.2. The number of phenols is 1. The minimum Gasteiger partial charge on any atom is -0.508 e. The third-order valence-corrected chi connectivity index (χ3v) is 3.15. The van der Waals surface area contributed by atoms with Crippen LogP contribution in [0.15, 0.2) is 48.5 Å². The van der Waals surface area contributed by atoms with E-state index in [4.69, 9.17) is 0 Å². The van der Waals surface area contributed by atoms with E-state index in [2.05, 4.69) is 5.32 Å². The molecule has 4 nitrogen and oxygen atoms in total. The van der Waals surface area contributed by atoms with Crippen molar-refractivity contribution in [3.63, 3.8) is 0 Å². The zero-order chi connectivity index (χ0) is 14.5. The molecule has 0 radical (unpaired) electrons. The number of aryl methyl sites for hydroxylation is 1. The summed E-state index contributed by atoms with van der Waals surface area (Å²) in [7, 11) is 0. The Hall–Kier alpha value is -2.33. The summed E-state index contributed by atoms with van der Waals surface area (Å²) in [6.07, 6.45) is 0. The number of rotatable bonds is 4. The Morgan fingerprint density at radius 2 is 1.90 bits per heavy atom. The summed E-state index contributed by atoms with van der Waals surface area (Å²) in [5.41, 5.74) is 1.94. The van der Waals surface area contributed by atoms with Gasteiger partial charge in [0.25, 0.3) is 5.91 Å². The van der Waals surface area contributed by atoms with Crippen LogP contribution in [0.2, 0.25) is 0 Å². The largest absolute Gasteiger partial charge is 0.508 e. The lowest BCUT2D eigenvalue weighted by atomic mass is 10.1. The second-order valence-electron chi connectivity index (χ2n) is 4.62. The van der Waals surface area contributed by atoms with Gasteiger partial charge in [-0.05, 0) is 36.2 Å². The number of hydrogen-bond acceptors (Lipinski definition) is 3. The van der Waals surface area contributed by atoms with E-state index in [1.807, 2.05) is 30.3 Å². The van der Waals surface area contributed by atoms with Gasteiger partial charge in [-0.2, -0.15) is 0 Å². The van der Waals surface area contributed by atoms with E-state index >= 15 is 0 Å². The van der Waals surface area contributed by atoms with Gasteiger partial charge < -0.3 is 15.5 Å². The maximum atomic E-state index is 12.1. The number of carbonyl (C=O) groups excluding carboxylic acids is 1. The smallest absolute Gasteiger partial charge is 0.251 e. The first-order valence-corrected chi connectivity index (χ1v) is 6.38. The summed E-state index contributed by atoms with van der Waals surface area (Å²) in [5.74, 6) is -0.126. The number of aliphatic hydroxyl groups excluding tert-OH is 1. The van der Waals surface area contributed by atoms with Crippen LogP contribution in [0.3, 0.4) is 0 Å². The summed E-state index contributed by atoms with van der Waals surface area (Å²) in [4.78, 5) is 12.1. The Kier molecular flexibility index (Phi) is 4.38. The van der Waals surface area contributed by atoms with Crippen molar-refractivity contribution < 1.29 is 15.0 Å². The lowest BCUT2D eigenvalue weighted by Crippen LogP contribution is -2.30. The van der Waals surface area contributed by atoms with Crippen molar-refractivity contribution in [2.45, 2.75) is 13.0 Å². The number of aromatic hydroxyl groups is 1. The molecular formula is C16H17NO3. The molecule has 0 aliphatic rings. The molecule has 0 heterocycles. The molecule has 0 unspecified atom stereocenters. The number of hydrogen-bond donors (Lipinski definition) is 3. The standard InChI is InChI=1S/C16H17NO3/c1-11-9-13(7-8-15(11)19)16(20)17-14(10-18)12-5-3-2-4-6-12/h2-9,14,18-19H,10H2,1H3,(H,17,20)/t14-/m0/s1. The van der Waals surface area contributed by atoms with Crippen LogP contribution in [0.4, 0.5) is 0 Å². The van der Waals surface area contributed by atoms with Crippen LogP contribution in [0.1, 0.15) is 27.5 Å². The van der Waals surface area contributed by atoms with Gasteiger partial charge in [0, 0.05) is 5.56 Å². The lowest BCUT2D eigenvalue weighted by Gasteiger charge is -2.17. The number of carbonyl (C=O) groups is 1. The molecule has 0 aromatic heterocycles. The van der Waals surface area contributed by atoms with Gasteiger partial charge in [-0.1, -0.05) is 30.3 Å². The second kappa shape index (κ2) is 6.21. The molecule has 0 bridgehead atoms. The van der Waals surface area contributed by atoms with Crippen molar-refractivity contribution in [1.29, 1.82) is 0 Å². The van der Waals surface area contributed by atoms with E-state index in [0.29, 0.717) is 11.1 Å². The fourth-order valence-corrected chi connectivity index (χ4v) is 1.96. The van der Waals surface area contributed by atoms with E-state index in [-0.39, 0.29) is 18.3 Å². The first-order chi connectivity index (χ1) is 9.61. The van der Waals surface area contributed by atoms with Gasteiger partial charge in [0.05, 0.1) is 12.6 Å². The molecule has 0 saturated carbocycles. The van der Waals surface area contributed by atoms with Gasteiger partial charge >= 0.3 is 0 Å². The van der Waals surface area contributed by atoms with Gasteiger partial charge in [-0.25, -0.2) is 0 Å². The molecule has 2 rings (SSSR count). The SMILES string of the molecule is Cc1cc(C(=O)N[C@@H](CO)c2ccccc2)ccc1O. The molecule has 104 valence electrons. The monoisotopic (exact) mass is 271 g/mol. The van der Waals surface area contributed by atoms with Crippen molar-refractivity contribution in [1.82, 2.24) is 5.32 Å². The zero-order valence-corrected chi connectivity index (χ0v) is 11.2. The molecule has 20 heavy (non-hydrogen) atoms. The molecule has 0 fully saturated rings. The van der Waals surface area contributed by atoms with Gasteiger partial charge in [0.2, 0.25) is 0 Å². The molecule has 0 saturated heterocycles. The number of amides is 1. The van der Waals surface area contributed by atoms with Crippen molar-refractivity contribution in [3.05, 3.63) is 65.2 Å². The van der Waals surface area contributed by atoms with E-state index in [0.717, 1.165) is 5.56 Å². The summed E-state index contributed by atoms with van der Waals surface area (Å²) >= 11 is 0. The van der Waals surface area contributed by atoms with Crippen LogP contribution in [0, 0.1) is 6.92 Å². The highest BCUT2D eigenvalue weighted by Gasteiger charge is 2.15. The van der Waals surface area contributed by atoms with E-state index < -0.39 is 6.04 Å². The third-order valence-electron chi connectivity index (χ3n) is 3.15. The van der Waals surface area contributed by atoms with E-state index in [1.165, 1.54) is 6.07 Å². The maximum absolute atomic E-state index is 12.1. The predicted octanol–water partition coefficient (Wildman–Crippen LogP) is 2.16. The Morgan fingerprint density at radius 1 is 1.20 bits per heavy atom. The summed E-state index contributed by atoms with van der Waals surface area (Å²) in [6, 6.07) is 13.5. The number of aliphatic hydroxyl groups is 1. The van der Waals surface area contributed by atoms with Crippen LogP contribution >= 0.6 is 0 Å². The Balaban J connectivity index is 2.15. The van der Waals surface area contributed by atoms with E-state index in [9.17, 15) is 15.0 Å². The average molecular weight is 271 g/mol. The fraction of sp³-hybridized carbons (Fsp3) is 0.188. The summed E-state index contributed by atoms with van der Waals surface area (Å²) in [5, 5.41) is 21.7. The highest BCUT2D eigenvalue weighted by molar-refractivity contribution is 5.94. The van der Waals surface area contributed by atoms with Crippen molar-refractivity contribution >= 4 is 5.91 Å². The molecular weight excluding hydrogens is 254 g/mol. The second-order valence-corrected chi connectivity index (χ2v) is 4.62. The number of benzene rings is 2. The third kappa shape index (κ3) is 3.16. The quantitative estimate of drug-likeness (QED) is 0.798. The Bertz CT molecular complexity index is 596. The van der Waals surface area contributed by atoms with Crippen molar-refractivity contribution in [3.8, 4) is 5.75 Å². The summed E-state index contributed by atoms with van der Waals surface area (Å²) in [6.45, 7) is 1.56. The van der Waals surface area contributed by atoms with E-state index in [1.54, 1.807) is 19.1 Å². The van der Waals surface area contributed by atoms with Crippen LogP contribution in [0.25, 0.3) is 0 Å². The first kappa shape index (κ1) is 14.1. The fourth-order valence-electron chi connectivity index (χ4n) is 1.96. The Morgan fingerprint density at radius 3 is 2.50 bits per heavy atom. The normalized spacial score (nSPS) is 11.9. The number of phenolic OH excluding ortho intramolecular Hbond substituents is 1. The minimum absolute atomic E-state index is 0.156. The highest BCUT2D eigenvalue weighted by atomic mass is 16.3. The molecule has 0 aliphatic carbocycles. The van der Waals surface area contributed by atoms with Gasteiger partial charge in [-0.3, -0.25) is 4.79 Å². The molecule has 1 atom stereocenters. The minimum atomic E-state index is -0.446. The molecule has 2 aromatic rings. The maximum Gasteiger partial charge on any atom is 0.251 e. The number of nitrogens with one attached hydrogen (secondary N) is 1. The average Bonchev–Trinajstić information content (AvgIpc) is 2.48. The molecule has 0 spiro atoms. The molecule has 0 aliphatic heterocycles. The molecule has 2 aromatic carbocycles. The van der Waals surface area contributed by atoms with Crippen LogP contribution in [-0.2, 0) is 0 Å². The van der Waals surface area contributed by atoms with Crippen LogP contribution < -0.4 is 5.32 Å². The van der Waals surface area contributed by atoms with Gasteiger partial charge in [0.15, 0.2) is 0 Å². The van der Waals surface area contributed by atoms with Crippen molar-refractivity contribution in [2.24, 2.45) is 0 Å². The van der Waals surface area contributed by atoms with Crippen LogP contribution in [0.5, 0.6) is 5.75 Å². The van der Waals surface area contributed by atoms with Crippen LogP contribution in [-0.4, -0.2) is 22.7 Å². The first-order valence-electron chi connectivity index (χ1n) is 6.38. The lowest BCUT2D eigenvalue weighted by molar-refractivity contribution is 0.0916. The molecule has 1 amide bonds. The highest BCUT2D eigenvalue weighted by Crippen LogP contribution is 2.18. The Labute approximate surface area is 117 Å². The topological polar surface area (TPSA) is 69.6 Å². The van der Waals surface area contributed by atoms with Gasteiger partial charge in [0.1, 0.15) is 5.75 Å². The molecule has 4 heteroatoms. The summed E-state index contributed by atoms with van der Waals surface area (Å²) < 4.78 is 0. The van der Waals surface area contributed by atoms with Gasteiger partial charge in [-0.15, -0.1) is 0 Å². The van der Waals surface area contributed by atoms with Crippen molar-refractivity contribution in [2.75, 3.05) is 6.61 Å². The molecule has 3 N–H and O–H groups in total.